The van der Waals surface area contributed by atoms with E-state index in [1.165, 1.54) is 5.56 Å². The number of pyridine rings is 1. The van der Waals surface area contributed by atoms with E-state index in [1.807, 2.05) is 41.2 Å². The maximum atomic E-state index is 11.8. The molecule has 3 aromatic rings. The Hall–Kier alpha value is -3.28. The number of nitrogens with zero attached hydrogens (tertiary/aromatic N) is 4. The first kappa shape index (κ1) is 14.6. The summed E-state index contributed by atoms with van der Waals surface area (Å²) >= 11 is 0. The number of benzene rings is 1. The van der Waals surface area contributed by atoms with Gasteiger partial charge in [-0.1, -0.05) is 30.3 Å². The van der Waals surface area contributed by atoms with E-state index in [4.69, 9.17) is 0 Å². The van der Waals surface area contributed by atoms with Crippen molar-refractivity contribution >= 4 is 12.1 Å². The number of nitrogens with one attached hydrogen (secondary N) is 1. The summed E-state index contributed by atoms with van der Waals surface area (Å²) in [5, 5.41) is 8.21. The zero-order valence-corrected chi connectivity index (χ0v) is 12.3. The largest absolute Gasteiger partial charge is 0.271 e. The van der Waals surface area contributed by atoms with Crippen molar-refractivity contribution in [2.24, 2.45) is 5.10 Å². The molecule has 6 nitrogen and oxygen atoms in total. The zero-order valence-electron chi connectivity index (χ0n) is 12.3. The van der Waals surface area contributed by atoms with Crippen molar-refractivity contribution in [3.63, 3.8) is 0 Å². The van der Waals surface area contributed by atoms with Crippen molar-refractivity contribution in [1.29, 1.82) is 0 Å². The maximum absolute atomic E-state index is 11.8. The molecule has 3 rings (SSSR count). The molecule has 1 N–H and O–H groups in total. The Morgan fingerprint density at radius 2 is 1.96 bits per heavy atom. The van der Waals surface area contributed by atoms with Gasteiger partial charge in [-0.3, -0.25) is 14.5 Å². The highest BCUT2D eigenvalue weighted by Gasteiger charge is 2.02. The SMILES string of the molecule is O=C(N/N=C\c1cnn(Cc2ccccc2)c1)c1ccncc1. The Bertz CT molecular complexity index is 796. The van der Waals surface area contributed by atoms with Crippen molar-refractivity contribution in [1.82, 2.24) is 20.2 Å². The lowest BCUT2D eigenvalue weighted by atomic mass is 10.2. The molecular formula is C17H15N5O. The first-order chi connectivity index (χ1) is 11.3. The first-order valence-electron chi connectivity index (χ1n) is 7.11. The first-order valence-corrected chi connectivity index (χ1v) is 7.11. The molecule has 0 saturated carbocycles. The Kier molecular flexibility index (Phi) is 4.54. The molecule has 0 spiro atoms. The van der Waals surface area contributed by atoms with Crippen molar-refractivity contribution < 1.29 is 4.79 Å². The summed E-state index contributed by atoms with van der Waals surface area (Å²) in [5.74, 6) is -0.277. The molecule has 0 atom stereocenters. The number of hydrogen-bond acceptors (Lipinski definition) is 4. The van der Waals surface area contributed by atoms with Gasteiger partial charge in [0, 0.05) is 29.7 Å². The highest BCUT2D eigenvalue weighted by atomic mass is 16.2. The van der Waals surface area contributed by atoms with Gasteiger partial charge < -0.3 is 0 Å². The minimum Gasteiger partial charge on any atom is -0.268 e. The monoisotopic (exact) mass is 305 g/mol. The summed E-state index contributed by atoms with van der Waals surface area (Å²) in [6.45, 7) is 0.693. The van der Waals surface area contributed by atoms with E-state index in [1.54, 1.807) is 36.9 Å². The summed E-state index contributed by atoms with van der Waals surface area (Å²) in [6.07, 6.45) is 8.26. The van der Waals surface area contributed by atoms with Gasteiger partial charge in [0.05, 0.1) is 19.0 Å². The fourth-order valence-corrected chi connectivity index (χ4v) is 2.04. The summed E-state index contributed by atoms with van der Waals surface area (Å²) in [5.41, 5.74) is 4.97. The van der Waals surface area contributed by atoms with E-state index < -0.39 is 0 Å². The number of carbonyl (C=O) groups is 1. The molecule has 0 aliphatic rings. The summed E-state index contributed by atoms with van der Waals surface area (Å²) in [6, 6.07) is 13.3. The van der Waals surface area contributed by atoms with Crippen LogP contribution in [0.5, 0.6) is 0 Å². The third-order valence-corrected chi connectivity index (χ3v) is 3.16. The van der Waals surface area contributed by atoms with Crippen LogP contribution in [0.1, 0.15) is 21.5 Å². The predicted molar refractivity (Wildman–Crippen MR) is 87.1 cm³/mol. The van der Waals surface area contributed by atoms with Gasteiger partial charge in [0.25, 0.3) is 5.91 Å². The molecule has 0 saturated heterocycles. The number of hydrazone groups is 1. The van der Waals surface area contributed by atoms with E-state index in [9.17, 15) is 4.79 Å². The summed E-state index contributed by atoms with van der Waals surface area (Å²) in [7, 11) is 0. The molecule has 1 aromatic carbocycles. The highest BCUT2D eigenvalue weighted by Crippen LogP contribution is 2.02. The van der Waals surface area contributed by atoms with Crippen molar-refractivity contribution in [2.45, 2.75) is 6.54 Å². The quantitative estimate of drug-likeness (QED) is 0.579. The van der Waals surface area contributed by atoms with Gasteiger partial charge in [0.2, 0.25) is 0 Å². The minimum absolute atomic E-state index is 0.277. The molecule has 0 unspecified atom stereocenters. The molecule has 0 radical (unpaired) electrons. The van der Waals surface area contributed by atoms with Crippen molar-refractivity contribution in [2.75, 3.05) is 0 Å². The van der Waals surface area contributed by atoms with Crippen LogP contribution in [0.25, 0.3) is 0 Å². The number of carbonyl (C=O) groups excluding carboxylic acids is 1. The van der Waals surface area contributed by atoms with Gasteiger partial charge in [0.15, 0.2) is 0 Å². The van der Waals surface area contributed by atoms with Crippen LogP contribution in [0.15, 0.2) is 72.4 Å². The Balaban J connectivity index is 1.57. The third-order valence-electron chi connectivity index (χ3n) is 3.16. The van der Waals surface area contributed by atoms with Gasteiger partial charge >= 0.3 is 0 Å². The maximum Gasteiger partial charge on any atom is 0.271 e. The lowest BCUT2D eigenvalue weighted by molar-refractivity contribution is 0.0955. The Labute approximate surface area is 133 Å². The average Bonchev–Trinajstić information content (AvgIpc) is 3.04. The van der Waals surface area contributed by atoms with Crippen LogP contribution in [0.2, 0.25) is 0 Å². The molecule has 2 heterocycles. The molecule has 0 aliphatic carbocycles. The third kappa shape index (κ3) is 4.10. The van der Waals surface area contributed by atoms with Crippen molar-refractivity contribution in [3.8, 4) is 0 Å². The number of amides is 1. The van der Waals surface area contributed by atoms with E-state index in [-0.39, 0.29) is 5.91 Å². The molecular weight excluding hydrogens is 290 g/mol. The number of aromatic nitrogens is 3. The smallest absolute Gasteiger partial charge is 0.268 e. The van der Waals surface area contributed by atoms with Gasteiger partial charge in [-0.2, -0.15) is 10.2 Å². The van der Waals surface area contributed by atoms with Crippen LogP contribution in [0.4, 0.5) is 0 Å². The van der Waals surface area contributed by atoms with Gasteiger partial charge in [0.1, 0.15) is 0 Å². The second-order valence-electron chi connectivity index (χ2n) is 4.89. The van der Waals surface area contributed by atoms with Crippen LogP contribution < -0.4 is 5.43 Å². The fraction of sp³-hybridized carbons (Fsp3) is 0.0588. The summed E-state index contributed by atoms with van der Waals surface area (Å²) < 4.78 is 1.82. The van der Waals surface area contributed by atoms with Crippen LogP contribution in [-0.4, -0.2) is 26.9 Å². The average molecular weight is 305 g/mol. The van der Waals surface area contributed by atoms with Crippen LogP contribution in [-0.2, 0) is 6.54 Å². The Morgan fingerprint density at radius 1 is 1.17 bits per heavy atom. The molecule has 114 valence electrons. The normalized spacial score (nSPS) is 10.8. The molecule has 1 amide bonds. The van der Waals surface area contributed by atoms with E-state index >= 15 is 0 Å². The predicted octanol–water partition coefficient (Wildman–Crippen LogP) is 2.09. The lowest BCUT2D eigenvalue weighted by Gasteiger charge is -2.00. The number of hydrogen-bond donors (Lipinski definition) is 1. The van der Waals surface area contributed by atoms with Crippen LogP contribution in [0.3, 0.4) is 0 Å². The van der Waals surface area contributed by atoms with Gasteiger partial charge in [-0.25, -0.2) is 5.43 Å². The number of rotatable bonds is 5. The van der Waals surface area contributed by atoms with E-state index in [0.29, 0.717) is 12.1 Å². The molecule has 6 heteroatoms. The second kappa shape index (κ2) is 7.13. The molecule has 0 aliphatic heterocycles. The zero-order chi connectivity index (χ0) is 15.9. The summed E-state index contributed by atoms with van der Waals surface area (Å²) in [4.78, 5) is 15.7. The topological polar surface area (TPSA) is 72.2 Å². The fourth-order valence-electron chi connectivity index (χ4n) is 2.04. The molecule has 23 heavy (non-hydrogen) atoms. The molecule has 2 aromatic heterocycles. The van der Waals surface area contributed by atoms with E-state index in [2.05, 4.69) is 20.6 Å². The van der Waals surface area contributed by atoms with Crippen LogP contribution in [0, 0.1) is 0 Å². The van der Waals surface area contributed by atoms with Crippen LogP contribution >= 0.6 is 0 Å². The molecule has 0 fully saturated rings. The standard InChI is InChI=1S/C17H15N5O/c23-17(16-6-8-18-9-7-16)21-19-10-15-11-20-22(13-15)12-14-4-2-1-3-5-14/h1-11,13H,12H2,(H,21,23)/b19-10-. The van der Waals surface area contributed by atoms with Gasteiger partial charge in [-0.05, 0) is 17.7 Å². The second-order valence-corrected chi connectivity index (χ2v) is 4.89. The highest BCUT2D eigenvalue weighted by molar-refractivity contribution is 5.94. The Morgan fingerprint density at radius 3 is 2.74 bits per heavy atom. The minimum atomic E-state index is -0.277. The molecule has 0 bridgehead atoms. The van der Waals surface area contributed by atoms with E-state index in [0.717, 1.165) is 5.56 Å². The lowest BCUT2D eigenvalue weighted by Crippen LogP contribution is -2.17. The van der Waals surface area contributed by atoms with Gasteiger partial charge in [-0.15, -0.1) is 0 Å². The van der Waals surface area contributed by atoms with Crippen molar-refractivity contribution in [3.05, 3.63) is 83.9 Å².